The summed E-state index contributed by atoms with van der Waals surface area (Å²) < 4.78 is 0. The van der Waals surface area contributed by atoms with Crippen molar-refractivity contribution in [3.8, 4) is 0 Å². The molecule has 7 N–H and O–H groups in total. The Morgan fingerprint density at radius 2 is 2.18 bits per heavy atom. The summed E-state index contributed by atoms with van der Waals surface area (Å²) in [7, 11) is 0. The maximum Gasteiger partial charge on any atom is 0.156 e. The fourth-order valence-corrected chi connectivity index (χ4v) is 0.664. The molecule has 0 saturated carbocycles. The number of hydrogen-bond acceptors (Lipinski definition) is 3. The van der Waals surface area contributed by atoms with Crippen molar-refractivity contribution in [2.24, 2.45) is 0 Å². The van der Waals surface area contributed by atoms with Gasteiger partial charge in [-0.3, -0.25) is 5.10 Å². The van der Waals surface area contributed by atoms with E-state index < -0.39 is 0 Å². The second-order valence-electron chi connectivity index (χ2n) is 1.89. The number of nitrogens with zero attached hydrogens (tertiary/aromatic N) is 1. The molecule has 11 heavy (non-hydrogen) atoms. The molecule has 0 fully saturated rings. The van der Waals surface area contributed by atoms with Gasteiger partial charge < -0.3 is 11.5 Å². The molecule has 6 nitrogen and oxygen atoms in total. The highest BCUT2D eigenvalue weighted by molar-refractivity contribution is 5.67. The van der Waals surface area contributed by atoms with Crippen molar-refractivity contribution in [2.45, 2.75) is 0 Å². The van der Waals surface area contributed by atoms with Crippen LogP contribution in [0, 0.1) is 0 Å². The quantitative estimate of drug-likeness (QED) is 0.392. The Labute approximate surface area is 62.9 Å². The van der Waals surface area contributed by atoms with Crippen molar-refractivity contribution in [1.29, 1.82) is 0 Å². The molecule has 0 aliphatic rings. The molecular weight excluding hydrogens is 144 g/mol. The molecule has 1 heterocycles. The van der Waals surface area contributed by atoms with E-state index in [0.717, 1.165) is 0 Å². The molecule has 1 aromatic heterocycles. The predicted molar refractivity (Wildman–Crippen MR) is 43.8 cm³/mol. The summed E-state index contributed by atoms with van der Waals surface area (Å²) in [6.07, 6.45) is 1.52. The molecule has 0 aromatic carbocycles. The first-order valence-electron chi connectivity index (χ1n) is 2.97. The van der Waals surface area contributed by atoms with Crippen LogP contribution in [0.25, 0.3) is 6.08 Å². The summed E-state index contributed by atoms with van der Waals surface area (Å²) >= 11 is 0. The predicted octanol–water partition coefficient (Wildman–Crippen LogP) is -0.00230. The fraction of sp³-hybridized carbons (Fsp3) is 0. The Bertz CT molecular complexity index is 263. The van der Waals surface area contributed by atoms with Crippen LogP contribution in [-0.2, 0) is 0 Å². The third kappa shape index (κ3) is 1.34. The van der Waals surface area contributed by atoms with E-state index in [-0.39, 0.29) is 5.82 Å². The minimum atomic E-state index is 0.287. The Balaban J connectivity index is 3.43. The third-order valence-corrected chi connectivity index (χ3v) is 1.20. The van der Waals surface area contributed by atoms with Gasteiger partial charge in [-0.05, 0) is 0 Å². The molecule has 1 aromatic rings. The van der Waals surface area contributed by atoms with Crippen LogP contribution in [0.15, 0.2) is 6.58 Å². The van der Waals surface area contributed by atoms with Gasteiger partial charge in [-0.2, -0.15) is 0 Å². The summed E-state index contributed by atoms with van der Waals surface area (Å²) in [5, 5.41) is 11.2. The van der Waals surface area contributed by atoms with E-state index in [4.69, 9.17) is 11.5 Å². The van der Waals surface area contributed by atoms with Crippen LogP contribution >= 0.6 is 0 Å². The molecule has 0 aliphatic carbocycles. The Kier molecular flexibility index (Phi) is 1.86. The monoisotopic (exact) mass is 154 g/mol. The maximum atomic E-state index is 5.51. The molecule has 1 rings (SSSR count). The minimum Gasteiger partial charge on any atom is -0.384 e. The van der Waals surface area contributed by atoms with Crippen molar-refractivity contribution in [1.82, 2.24) is 20.6 Å². The summed E-state index contributed by atoms with van der Waals surface area (Å²) in [6.45, 7) is 3.53. The fourth-order valence-electron chi connectivity index (χ4n) is 0.664. The SMILES string of the molecule is C=Cc1c(N)n[nH][nH][nH]c1N. The lowest BCUT2D eigenvalue weighted by Crippen LogP contribution is -1.95. The maximum absolute atomic E-state index is 5.51. The Morgan fingerprint density at radius 1 is 1.45 bits per heavy atom. The highest BCUT2D eigenvalue weighted by Crippen LogP contribution is 2.11. The molecule has 0 atom stereocenters. The lowest BCUT2D eigenvalue weighted by atomic mass is 10.3. The van der Waals surface area contributed by atoms with Crippen LogP contribution in [0.2, 0.25) is 0 Å². The molecule has 0 aliphatic heterocycles. The van der Waals surface area contributed by atoms with Crippen molar-refractivity contribution in [2.75, 3.05) is 11.5 Å². The van der Waals surface area contributed by atoms with Gasteiger partial charge in [0.05, 0.1) is 5.56 Å². The molecule has 0 spiro atoms. The first-order valence-corrected chi connectivity index (χ1v) is 2.97. The molecule has 0 radical (unpaired) electrons. The molecule has 60 valence electrons. The second kappa shape index (κ2) is 2.82. The van der Waals surface area contributed by atoms with E-state index >= 15 is 0 Å². The number of anilines is 2. The van der Waals surface area contributed by atoms with Gasteiger partial charge in [-0.1, -0.05) is 12.7 Å². The lowest BCUT2D eigenvalue weighted by Gasteiger charge is -1.93. The van der Waals surface area contributed by atoms with Crippen molar-refractivity contribution in [3.63, 3.8) is 0 Å². The van der Waals surface area contributed by atoms with Crippen LogP contribution in [0.5, 0.6) is 0 Å². The zero-order chi connectivity index (χ0) is 8.27. The van der Waals surface area contributed by atoms with Crippen molar-refractivity contribution in [3.05, 3.63) is 12.1 Å². The van der Waals surface area contributed by atoms with Gasteiger partial charge in [0.1, 0.15) is 5.82 Å². The van der Waals surface area contributed by atoms with E-state index in [2.05, 4.69) is 27.2 Å². The smallest absolute Gasteiger partial charge is 0.156 e. The first kappa shape index (κ1) is 7.26. The van der Waals surface area contributed by atoms with E-state index in [0.29, 0.717) is 11.4 Å². The normalized spacial score (nSPS) is 9.09. The van der Waals surface area contributed by atoms with Gasteiger partial charge in [-0.15, -0.1) is 5.10 Å². The number of rotatable bonds is 1. The highest BCUT2D eigenvalue weighted by atomic mass is 15.4. The molecular formula is C5H10N6. The molecule has 0 saturated heterocycles. The van der Waals surface area contributed by atoms with E-state index in [1.807, 2.05) is 0 Å². The number of nitrogen functional groups attached to an aromatic ring is 2. The van der Waals surface area contributed by atoms with Crippen LogP contribution in [0.3, 0.4) is 0 Å². The summed E-state index contributed by atoms with van der Waals surface area (Å²) in [6, 6.07) is 0. The van der Waals surface area contributed by atoms with Crippen LogP contribution in [0.4, 0.5) is 11.6 Å². The number of H-pyrrole nitrogens is 3. The van der Waals surface area contributed by atoms with E-state index in [9.17, 15) is 0 Å². The molecule has 0 unspecified atom stereocenters. The van der Waals surface area contributed by atoms with Crippen molar-refractivity contribution >= 4 is 17.7 Å². The number of aromatic amines is 3. The Morgan fingerprint density at radius 3 is 2.82 bits per heavy atom. The first-order chi connectivity index (χ1) is 5.25. The number of aromatic nitrogens is 4. The standard InChI is InChI=1S/C5H10N6/c1-2-3-4(6)8-10-11-9-5(3)7/h2,8,10-11H,1,6H2,(H2,7,9). The number of hydrogen-bond donors (Lipinski definition) is 5. The summed E-state index contributed by atoms with van der Waals surface area (Å²) in [5.74, 6) is 0.668. The molecule has 6 heteroatoms. The van der Waals surface area contributed by atoms with Crippen LogP contribution < -0.4 is 11.5 Å². The zero-order valence-corrected chi connectivity index (χ0v) is 5.89. The van der Waals surface area contributed by atoms with Gasteiger partial charge in [0.25, 0.3) is 0 Å². The van der Waals surface area contributed by atoms with Gasteiger partial charge in [0.15, 0.2) is 5.82 Å². The number of nitrogens with two attached hydrogens (primary N) is 2. The van der Waals surface area contributed by atoms with E-state index in [1.165, 1.54) is 6.08 Å². The summed E-state index contributed by atoms with van der Waals surface area (Å²) in [5.41, 5.74) is 11.6. The lowest BCUT2D eigenvalue weighted by molar-refractivity contribution is 0.808. The highest BCUT2D eigenvalue weighted by Gasteiger charge is 1.97. The van der Waals surface area contributed by atoms with Gasteiger partial charge >= 0.3 is 0 Å². The Hall–Kier alpha value is -1.85. The third-order valence-electron chi connectivity index (χ3n) is 1.20. The zero-order valence-electron chi connectivity index (χ0n) is 5.89. The van der Waals surface area contributed by atoms with Crippen molar-refractivity contribution < 1.29 is 0 Å². The van der Waals surface area contributed by atoms with E-state index in [1.54, 1.807) is 0 Å². The topological polar surface area (TPSA) is 112 Å². The molecule has 0 bridgehead atoms. The summed E-state index contributed by atoms with van der Waals surface area (Å²) in [4.78, 5) is 0. The average molecular weight is 154 g/mol. The average Bonchev–Trinajstić information content (AvgIpc) is 2.12. The van der Waals surface area contributed by atoms with Gasteiger partial charge in [0, 0.05) is 0 Å². The van der Waals surface area contributed by atoms with Crippen LogP contribution in [0.1, 0.15) is 5.56 Å². The van der Waals surface area contributed by atoms with Gasteiger partial charge in [0.2, 0.25) is 0 Å². The van der Waals surface area contributed by atoms with Gasteiger partial charge in [-0.25, -0.2) is 10.4 Å². The van der Waals surface area contributed by atoms with Crippen LogP contribution in [-0.4, -0.2) is 20.6 Å². The number of nitrogens with one attached hydrogen (secondary N) is 3. The second-order valence-corrected chi connectivity index (χ2v) is 1.89. The minimum absolute atomic E-state index is 0.287. The molecule has 0 amide bonds. The largest absolute Gasteiger partial charge is 0.384 e.